The monoisotopic (exact) mass is 666 g/mol. The van der Waals surface area contributed by atoms with Crippen molar-refractivity contribution in [2.45, 2.75) is 158 Å². The van der Waals surface area contributed by atoms with Crippen molar-refractivity contribution in [3.63, 3.8) is 0 Å². The maximum atomic E-state index is 8.64. The molecule has 0 heterocycles. The molecule has 0 spiro atoms. The van der Waals surface area contributed by atoms with Crippen LogP contribution in [0.15, 0.2) is 0 Å². The fourth-order valence-electron chi connectivity index (χ4n) is 5.29. The van der Waals surface area contributed by atoms with Gasteiger partial charge in [-0.25, -0.2) is 0 Å². The molecule has 0 bridgehead atoms. The molecular formula is C32H72N2O5Ru. The average Bonchev–Trinajstić information content (AvgIpc) is 2.90. The summed E-state index contributed by atoms with van der Waals surface area (Å²) in [5.74, 6) is 0. The summed E-state index contributed by atoms with van der Waals surface area (Å²) in [4.78, 5) is 0. The molecule has 8 heteroatoms. The Kier molecular flexibility index (Phi) is 29.3. The Morgan fingerprint density at radius 2 is 0.450 bits per heavy atom. The molecule has 0 aliphatic carbocycles. The van der Waals surface area contributed by atoms with Gasteiger partial charge in [-0.2, -0.15) is 0 Å². The summed E-state index contributed by atoms with van der Waals surface area (Å²) in [6.45, 7) is 30.0. The third kappa shape index (κ3) is 32.4. The van der Waals surface area contributed by atoms with E-state index < -0.39 is 14.2 Å². The van der Waals surface area contributed by atoms with E-state index in [0.717, 1.165) is 0 Å². The number of unbranched alkanes of at least 4 members (excludes halogenated alkanes) is 8. The summed E-state index contributed by atoms with van der Waals surface area (Å²) in [7, 11) is 0. The molecule has 7 nitrogen and oxygen atoms in total. The summed E-state index contributed by atoms with van der Waals surface area (Å²) in [5.41, 5.74) is 0. The van der Waals surface area contributed by atoms with Gasteiger partial charge in [-0.15, -0.1) is 0 Å². The van der Waals surface area contributed by atoms with Crippen molar-refractivity contribution in [1.29, 1.82) is 0 Å². The molecular weight excluding hydrogens is 593 g/mol. The first-order valence-electron chi connectivity index (χ1n) is 16.9. The fourth-order valence-corrected chi connectivity index (χ4v) is 5.29. The Bertz CT molecular complexity index is 601. The second-order valence-electron chi connectivity index (χ2n) is 11.9. The van der Waals surface area contributed by atoms with Crippen LogP contribution in [-0.4, -0.2) is 61.3 Å². The molecule has 0 aromatic heterocycles. The molecule has 0 fully saturated rings. The van der Waals surface area contributed by atoms with Crippen molar-refractivity contribution in [1.82, 2.24) is 0 Å². The van der Waals surface area contributed by atoms with Gasteiger partial charge in [-0.3, -0.25) is 0 Å². The molecule has 0 saturated carbocycles. The second kappa shape index (κ2) is 26.5. The number of hydrogen-bond donors (Lipinski definition) is 0. The van der Waals surface area contributed by atoms with Gasteiger partial charge in [0.05, 0.1) is 52.4 Å². The van der Waals surface area contributed by atoms with Gasteiger partial charge in [-0.05, 0) is 51.4 Å². The molecule has 0 amide bonds. The normalized spacial score (nSPS) is 13.0. The number of nitrogens with zero attached hydrogens (tertiary/aromatic N) is 2. The predicted octanol–water partition coefficient (Wildman–Crippen LogP) is 7.27. The van der Waals surface area contributed by atoms with Gasteiger partial charge in [-0.1, -0.05) is 107 Å². The van der Waals surface area contributed by atoms with Crippen LogP contribution in [0.25, 0.3) is 0 Å². The van der Waals surface area contributed by atoms with Crippen LogP contribution in [-0.2, 0) is 24.9 Å². The summed E-state index contributed by atoms with van der Waals surface area (Å²) < 4.78 is 46.0. The van der Waals surface area contributed by atoms with Crippen LogP contribution >= 0.6 is 0 Å². The summed E-state index contributed by atoms with van der Waals surface area (Å²) in [5, 5.41) is 0. The molecule has 0 unspecified atom stereocenters. The van der Waals surface area contributed by atoms with Crippen LogP contribution in [0.2, 0.25) is 0 Å². The Labute approximate surface area is 251 Å². The van der Waals surface area contributed by atoms with Gasteiger partial charge >= 0.3 is 32.8 Å². The van der Waals surface area contributed by atoms with E-state index in [1.165, 1.54) is 164 Å². The standard InChI is InChI=1S/2C16H36N.5O.Ru/c2*1-5-9-13-17(14-10-6-2,15-11-7-3)16-12-8-4;;;;;;/h2*5-16H2,1-4H3;;;;;;/q2*+1;;;;2*-1;. The van der Waals surface area contributed by atoms with Crippen LogP contribution in [0.3, 0.4) is 0 Å². The second-order valence-corrected chi connectivity index (χ2v) is 14.8. The van der Waals surface area contributed by atoms with Crippen molar-refractivity contribution in [2.24, 2.45) is 0 Å². The zero-order valence-electron chi connectivity index (χ0n) is 28.3. The van der Waals surface area contributed by atoms with E-state index in [2.05, 4.69) is 55.4 Å². The van der Waals surface area contributed by atoms with Crippen molar-refractivity contribution >= 4 is 0 Å². The minimum absolute atomic E-state index is 1.35. The van der Waals surface area contributed by atoms with Crippen LogP contribution in [0.1, 0.15) is 158 Å². The number of rotatable bonds is 24. The minimum atomic E-state index is -7.72. The van der Waals surface area contributed by atoms with Crippen LogP contribution in [0, 0.1) is 0 Å². The van der Waals surface area contributed by atoms with Gasteiger partial charge in [0.1, 0.15) is 0 Å². The first-order chi connectivity index (χ1) is 18.7. The summed E-state index contributed by atoms with van der Waals surface area (Å²) >= 11 is -7.72. The molecule has 0 atom stereocenters. The van der Waals surface area contributed by atoms with Crippen molar-refractivity contribution in [3.8, 4) is 0 Å². The quantitative estimate of drug-likeness (QED) is 0.0798. The van der Waals surface area contributed by atoms with Crippen molar-refractivity contribution in [3.05, 3.63) is 0 Å². The molecule has 0 rings (SSSR count). The Hall–Kier alpha value is -0.137. The third-order valence-corrected chi connectivity index (χ3v) is 7.89. The number of quaternary nitrogens is 2. The first-order valence-corrected chi connectivity index (χ1v) is 20.5. The Morgan fingerprint density at radius 3 is 0.525 bits per heavy atom. The Balaban J connectivity index is -0.000000569. The third-order valence-electron chi connectivity index (χ3n) is 7.89. The van der Waals surface area contributed by atoms with Crippen LogP contribution in [0.4, 0.5) is 0 Å². The van der Waals surface area contributed by atoms with Gasteiger partial charge in [0, 0.05) is 0 Å². The molecule has 0 N–H and O–H groups in total. The molecule has 0 aliphatic heterocycles. The molecule has 0 aromatic rings. The molecule has 0 radical (unpaired) electrons. The SMILES string of the molecule is CCCC[N+](CCCC)(CCCC)CCCC.CCCC[N+](CCCC)(CCCC)CCCC.[O]=[Ru](=[O])(=[O])([O-])[O-]. The van der Waals surface area contributed by atoms with Gasteiger partial charge in [0.15, 0.2) is 0 Å². The number of hydrogen-bond acceptors (Lipinski definition) is 5. The molecule has 40 heavy (non-hydrogen) atoms. The zero-order valence-corrected chi connectivity index (χ0v) is 30.0. The molecule has 0 aromatic carbocycles. The van der Waals surface area contributed by atoms with Crippen LogP contribution < -0.4 is 7.87 Å². The van der Waals surface area contributed by atoms with E-state index in [1.54, 1.807) is 0 Å². The average molecular weight is 666 g/mol. The molecule has 0 aliphatic rings. The van der Waals surface area contributed by atoms with E-state index in [1.807, 2.05) is 0 Å². The van der Waals surface area contributed by atoms with E-state index in [4.69, 9.17) is 18.6 Å². The van der Waals surface area contributed by atoms with Crippen LogP contribution in [0.5, 0.6) is 0 Å². The predicted molar refractivity (Wildman–Crippen MR) is 161 cm³/mol. The summed E-state index contributed by atoms with van der Waals surface area (Å²) in [6, 6.07) is 0. The van der Waals surface area contributed by atoms with Gasteiger partial charge in [0.2, 0.25) is 0 Å². The van der Waals surface area contributed by atoms with E-state index in [0.29, 0.717) is 0 Å². The Morgan fingerprint density at radius 1 is 0.350 bits per heavy atom. The van der Waals surface area contributed by atoms with E-state index in [-0.39, 0.29) is 0 Å². The summed E-state index contributed by atoms with van der Waals surface area (Å²) in [6.07, 6.45) is 22.1. The van der Waals surface area contributed by atoms with Crippen molar-refractivity contribution in [2.75, 3.05) is 52.4 Å². The first kappa shape index (κ1) is 44.3. The topological polar surface area (TPSA) is 97.3 Å². The fraction of sp³-hybridized carbons (Fsp3) is 1.00. The van der Waals surface area contributed by atoms with Crippen molar-refractivity contribution < 1.29 is 41.7 Å². The van der Waals surface area contributed by atoms with Gasteiger partial charge < -0.3 is 8.97 Å². The molecule has 0 saturated heterocycles. The zero-order chi connectivity index (χ0) is 31.4. The van der Waals surface area contributed by atoms with E-state index in [9.17, 15) is 0 Å². The maximum absolute atomic E-state index is 8.64. The van der Waals surface area contributed by atoms with Gasteiger partial charge in [0.25, 0.3) is 0 Å². The molecule has 248 valence electrons. The van der Waals surface area contributed by atoms with E-state index >= 15 is 0 Å².